The zero-order valence-electron chi connectivity index (χ0n) is 14.8. The fourth-order valence-corrected chi connectivity index (χ4v) is 3.57. The third-order valence-corrected chi connectivity index (χ3v) is 5.15. The Bertz CT molecular complexity index is 729. The Morgan fingerprint density at radius 3 is 2.62 bits per heavy atom. The van der Waals surface area contributed by atoms with Crippen LogP contribution in [-0.4, -0.2) is 58.6 Å². The van der Waals surface area contributed by atoms with Gasteiger partial charge < -0.3 is 14.5 Å². The van der Waals surface area contributed by atoms with Crippen molar-refractivity contribution in [1.29, 1.82) is 0 Å². The maximum atomic E-state index is 12.4. The van der Waals surface area contributed by atoms with Gasteiger partial charge in [-0.15, -0.1) is 0 Å². The summed E-state index contributed by atoms with van der Waals surface area (Å²) >= 11 is 0. The lowest BCUT2D eigenvalue weighted by Gasteiger charge is -2.39. The van der Waals surface area contributed by atoms with E-state index in [1.807, 2.05) is 32.8 Å². The molecule has 1 heterocycles. The summed E-state index contributed by atoms with van der Waals surface area (Å²) in [5, 5.41) is 0. The first-order chi connectivity index (χ1) is 11.0. The molecule has 0 bridgehead atoms. The third kappa shape index (κ3) is 4.25. The number of carbonyl (C=O) groups excluding carboxylic acids is 1. The molecule has 2 rings (SSSR count). The van der Waals surface area contributed by atoms with E-state index in [2.05, 4.69) is 4.72 Å². The number of nitrogens with one attached hydrogen (secondary N) is 1. The van der Waals surface area contributed by atoms with Crippen molar-refractivity contribution < 1.29 is 17.9 Å². The van der Waals surface area contributed by atoms with Crippen LogP contribution < -0.4 is 14.4 Å². The van der Waals surface area contributed by atoms with Crippen LogP contribution in [0, 0.1) is 0 Å². The molecule has 0 unspecified atom stereocenters. The van der Waals surface area contributed by atoms with Gasteiger partial charge in [0.15, 0.2) is 0 Å². The van der Waals surface area contributed by atoms with Crippen molar-refractivity contribution in [2.45, 2.75) is 31.3 Å². The number of sulfonamides is 1. The number of nitrogens with zero attached hydrogens (tertiary/aromatic N) is 2. The predicted molar refractivity (Wildman–Crippen MR) is 92.9 cm³/mol. The Morgan fingerprint density at radius 1 is 1.38 bits per heavy atom. The van der Waals surface area contributed by atoms with Gasteiger partial charge in [-0.3, -0.25) is 4.79 Å². The minimum absolute atomic E-state index is 0.120. The summed E-state index contributed by atoms with van der Waals surface area (Å²) in [5.74, 6) is 0.358. The highest BCUT2D eigenvalue weighted by Crippen LogP contribution is 2.38. The molecule has 24 heavy (non-hydrogen) atoms. The summed E-state index contributed by atoms with van der Waals surface area (Å²) in [5.41, 5.74) is -0.0412. The molecule has 7 nitrogen and oxygen atoms in total. The van der Waals surface area contributed by atoms with Crippen molar-refractivity contribution in [3.63, 3.8) is 0 Å². The van der Waals surface area contributed by atoms with Gasteiger partial charge in [-0.05, 0) is 46.1 Å². The van der Waals surface area contributed by atoms with Crippen LogP contribution in [0.15, 0.2) is 23.1 Å². The summed E-state index contributed by atoms with van der Waals surface area (Å²) in [7, 11) is 0.107. The molecular weight excluding hydrogens is 330 g/mol. The van der Waals surface area contributed by atoms with Gasteiger partial charge in [0.05, 0.1) is 17.1 Å². The Kier molecular flexibility index (Phi) is 5.22. The van der Waals surface area contributed by atoms with Crippen molar-refractivity contribution in [3.8, 4) is 5.75 Å². The molecule has 0 saturated carbocycles. The molecule has 134 valence electrons. The largest absolute Gasteiger partial charge is 0.484 e. The average Bonchev–Trinajstić information content (AvgIpc) is 2.44. The fourth-order valence-electron chi connectivity index (χ4n) is 2.53. The number of ether oxygens (including phenoxy) is 1. The summed E-state index contributed by atoms with van der Waals surface area (Å²) in [4.78, 5) is 15.5. The van der Waals surface area contributed by atoms with Crippen molar-refractivity contribution in [2.24, 2.45) is 0 Å². The number of hydrogen-bond donors (Lipinski definition) is 1. The Morgan fingerprint density at radius 2 is 2.04 bits per heavy atom. The first kappa shape index (κ1) is 18.7. The lowest BCUT2D eigenvalue weighted by Crippen LogP contribution is -2.48. The SMILES string of the molecule is CC(=O)N1CC(C)(C)Oc2ccc(S(=O)(=O)NCCN(C)C)cc21. The van der Waals surface area contributed by atoms with E-state index in [9.17, 15) is 13.2 Å². The fraction of sp³-hybridized carbons (Fsp3) is 0.562. The molecule has 0 saturated heterocycles. The van der Waals surface area contributed by atoms with Crippen molar-refractivity contribution >= 4 is 21.6 Å². The second-order valence-corrected chi connectivity index (χ2v) is 8.56. The van der Waals surface area contributed by atoms with E-state index >= 15 is 0 Å². The minimum atomic E-state index is -3.64. The van der Waals surface area contributed by atoms with E-state index in [1.165, 1.54) is 19.1 Å². The number of benzene rings is 1. The van der Waals surface area contributed by atoms with E-state index in [0.29, 0.717) is 31.1 Å². The average molecular weight is 355 g/mol. The maximum absolute atomic E-state index is 12.4. The van der Waals surface area contributed by atoms with Crippen LogP contribution in [0.3, 0.4) is 0 Å². The molecule has 1 aliphatic rings. The third-order valence-electron chi connectivity index (χ3n) is 3.69. The standard InChI is InChI=1S/C16H25N3O4S/c1-12(20)19-11-16(2,3)23-15-7-6-13(10-14(15)19)24(21,22)17-8-9-18(4)5/h6-7,10,17H,8-9,11H2,1-5H3. The van der Waals surface area contributed by atoms with Gasteiger partial charge in [0.25, 0.3) is 0 Å². The summed E-state index contributed by atoms with van der Waals surface area (Å²) < 4.78 is 33.3. The molecule has 0 spiro atoms. The number of fused-ring (bicyclic) bond motifs is 1. The van der Waals surface area contributed by atoms with Gasteiger partial charge in [-0.1, -0.05) is 0 Å². The molecule has 0 aliphatic carbocycles. The second kappa shape index (κ2) is 6.70. The van der Waals surface area contributed by atoms with Crippen molar-refractivity contribution in [2.75, 3.05) is 38.6 Å². The van der Waals surface area contributed by atoms with Crippen LogP contribution in [0.4, 0.5) is 5.69 Å². The first-order valence-electron chi connectivity index (χ1n) is 7.77. The van der Waals surface area contributed by atoms with Crippen LogP contribution in [-0.2, 0) is 14.8 Å². The lowest BCUT2D eigenvalue weighted by molar-refractivity contribution is -0.117. The number of anilines is 1. The van der Waals surface area contributed by atoms with Crippen molar-refractivity contribution in [3.05, 3.63) is 18.2 Å². The molecule has 0 atom stereocenters. The smallest absolute Gasteiger partial charge is 0.240 e. The van der Waals surface area contributed by atoms with E-state index in [4.69, 9.17) is 4.74 Å². The highest BCUT2D eigenvalue weighted by Gasteiger charge is 2.34. The Labute approximate surface area is 143 Å². The molecule has 0 radical (unpaired) electrons. The maximum Gasteiger partial charge on any atom is 0.240 e. The molecule has 1 N–H and O–H groups in total. The van der Waals surface area contributed by atoms with E-state index in [-0.39, 0.29) is 10.8 Å². The summed E-state index contributed by atoms with van der Waals surface area (Å²) in [6.07, 6.45) is 0. The number of amides is 1. The number of likely N-dealkylation sites (N-methyl/N-ethyl adjacent to an activating group) is 1. The predicted octanol–water partition coefficient (Wildman–Crippen LogP) is 1.05. The van der Waals surface area contributed by atoms with Crippen LogP contribution >= 0.6 is 0 Å². The van der Waals surface area contributed by atoms with E-state index in [1.54, 1.807) is 11.0 Å². The molecular formula is C16H25N3O4S. The molecule has 0 aromatic heterocycles. The minimum Gasteiger partial charge on any atom is -0.484 e. The Balaban J connectivity index is 2.33. The number of rotatable bonds is 5. The van der Waals surface area contributed by atoms with Gasteiger partial charge in [0.2, 0.25) is 15.9 Å². The molecule has 1 aromatic rings. The molecule has 1 aromatic carbocycles. The van der Waals surface area contributed by atoms with Gasteiger partial charge in [-0.2, -0.15) is 0 Å². The first-order valence-corrected chi connectivity index (χ1v) is 9.26. The highest BCUT2D eigenvalue weighted by atomic mass is 32.2. The topological polar surface area (TPSA) is 78.9 Å². The number of carbonyl (C=O) groups is 1. The van der Waals surface area contributed by atoms with Crippen molar-refractivity contribution in [1.82, 2.24) is 9.62 Å². The van der Waals surface area contributed by atoms with Crippen LogP contribution in [0.25, 0.3) is 0 Å². The normalized spacial score (nSPS) is 16.7. The zero-order valence-corrected chi connectivity index (χ0v) is 15.6. The zero-order chi connectivity index (χ0) is 18.1. The van der Waals surface area contributed by atoms with Gasteiger partial charge >= 0.3 is 0 Å². The highest BCUT2D eigenvalue weighted by molar-refractivity contribution is 7.89. The Hall–Kier alpha value is -1.64. The van der Waals surface area contributed by atoms with Gasteiger partial charge in [0, 0.05) is 20.0 Å². The second-order valence-electron chi connectivity index (χ2n) is 6.80. The molecule has 1 aliphatic heterocycles. The lowest BCUT2D eigenvalue weighted by atomic mass is 10.1. The van der Waals surface area contributed by atoms with Crippen LogP contribution in [0.5, 0.6) is 5.75 Å². The summed E-state index contributed by atoms with van der Waals surface area (Å²) in [6, 6.07) is 4.59. The van der Waals surface area contributed by atoms with E-state index in [0.717, 1.165) is 0 Å². The molecule has 0 fully saturated rings. The van der Waals surface area contributed by atoms with E-state index < -0.39 is 15.6 Å². The van der Waals surface area contributed by atoms with Gasteiger partial charge in [0.1, 0.15) is 11.4 Å². The summed E-state index contributed by atoms with van der Waals surface area (Å²) in [6.45, 7) is 6.51. The van der Waals surface area contributed by atoms with Crippen LogP contribution in [0.2, 0.25) is 0 Å². The van der Waals surface area contributed by atoms with Crippen LogP contribution in [0.1, 0.15) is 20.8 Å². The number of hydrogen-bond acceptors (Lipinski definition) is 5. The quantitative estimate of drug-likeness (QED) is 0.854. The monoisotopic (exact) mass is 355 g/mol. The molecule has 8 heteroatoms. The van der Waals surface area contributed by atoms with Gasteiger partial charge in [-0.25, -0.2) is 13.1 Å². The molecule has 1 amide bonds.